The van der Waals surface area contributed by atoms with E-state index in [2.05, 4.69) is 17.0 Å². The molecule has 0 radical (unpaired) electrons. The van der Waals surface area contributed by atoms with E-state index in [0.717, 1.165) is 25.9 Å². The molecular weight excluding hydrogens is 304 g/mol. The number of hydrogen-bond donors (Lipinski definition) is 2. The molecule has 0 unspecified atom stereocenters. The van der Waals surface area contributed by atoms with Gasteiger partial charge >= 0.3 is 0 Å². The van der Waals surface area contributed by atoms with Gasteiger partial charge in [-0.15, -0.1) is 0 Å². The lowest BCUT2D eigenvalue weighted by Gasteiger charge is -2.08. The van der Waals surface area contributed by atoms with Crippen molar-refractivity contribution < 1.29 is 17.9 Å². The molecule has 124 valence electrons. The van der Waals surface area contributed by atoms with E-state index in [1.54, 1.807) is 12.1 Å². The molecule has 7 heteroatoms. The largest absolute Gasteiger partial charge is 0.381 e. The Labute approximate surface area is 132 Å². The number of amides is 1. The van der Waals surface area contributed by atoms with Gasteiger partial charge in [-0.25, -0.2) is 13.1 Å². The summed E-state index contributed by atoms with van der Waals surface area (Å²) in [4.78, 5) is 12.1. The van der Waals surface area contributed by atoms with Crippen LogP contribution in [-0.4, -0.2) is 41.1 Å². The van der Waals surface area contributed by atoms with Gasteiger partial charge in [0.15, 0.2) is 0 Å². The van der Waals surface area contributed by atoms with Crippen molar-refractivity contribution >= 4 is 15.9 Å². The quantitative estimate of drug-likeness (QED) is 0.638. The number of rotatable bonds is 10. The maximum Gasteiger partial charge on any atom is 0.251 e. The zero-order valence-corrected chi connectivity index (χ0v) is 13.9. The number of carbonyl (C=O) groups is 1. The van der Waals surface area contributed by atoms with Crippen molar-refractivity contribution in [3.8, 4) is 0 Å². The van der Waals surface area contributed by atoms with Crippen LogP contribution in [0.1, 0.15) is 36.5 Å². The van der Waals surface area contributed by atoms with Gasteiger partial charge in [0, 0.05) is 25.3 Å². The molecular formula is C15H24N2O4S. The Hall–Kier alpha value is -1.44. The number of unbranched alkanes of at least 4 members (excludes halogenated alkanes) is 1. The molecule has 1 amide bonds. The molecule has 2 N–H and O–H groups in total. The number of carbonyl (C=O) groups excluding carboxylic acids is 1. The summed E-state index contributed by atoms with van der Waals surface area (Å²) in [6.45, 7) is 3.95. The maximum absolute atomic E-state index is 12.0. The van der Waals surface area contributed by atoms with Gasteiger partial charge in [0.05, 0.1) is 4.90 Å². The van der Waals surface area contributed by atoms with Crippen molar-refractivity contribution in [2.75, 3.05) is 26.8 Å². The normalized spacial score (nSPS) is 11.4. The second-order valence-corrected chi connectivity index (χ2v) is 6.70. The van der Waals surface area contributed by atoms with Crippen LogP contribution in [-0.2, 0) is 14.8 Å². The van der Waals surface area contributed by atoms with Gasteiger partial charge in [0.2, 0.25) is 10.0 Å². The smallest absolute Gasteiger partial charge is 0.251 e. The van der Waals surface area contributed by atoms with Crippen LogP contribution in [0.25, 0.3) is 0 Å². The molecule has 1 rings (SSSR count). The van der Waals surface area contributed by atoms with Crippen molar-refractivity contribution in [1.82, 2.24) is 10.0 Å². The van der Waals surface area contributed by atoms with Crippen LogP contribution < -0.4 is 10.0 Å². The average Bonchev–Trinajstić information content (AvgIpc) is 2.54. The summed E-state index contributed by atoms with van der Waals surface area (Å²) < 4.78 is 31.0. The van der Waals surface area contributed by atoms with E-state index >= 15 is 0 Å². The van der Waals surface area contributed by atoms with Crippen LogP contribution in [0, 0.1) is 0 Å². The third-order valence-corrected chi connectivity index (χ3v) is 4.48. The monoisotopic (exact) mass is 328 g/mol. The van der Waals surface area contributed by atoms with Gasteiger partial charge in [0.25, 0.3) is 5.91 Å². The molecule has 0 saturated heterocycles. The number of benzene rings is 1. The van der Waals surface area contributed by atoms with Crippen LogP contribution in [0.3, 0.4) is 0 Å². The Morgan fingerprint density at radius 3 is 2.64 bits per heavy atom. The molecule has 0 heterocycles. The second kappa shape index (κ2) is 9.55. The number of nitrogens with one attached hydrogen (secondary N) is 2. The standard InChI is InChI=1S/C15H24N2O4S/c1-3-4-10-21-11-6-9-17-15(18)13-7-5-8-14(12-13)22(19,20)16-2/h5,7-8,12,16H,3-4,6,9-11H2,1-2H3,(H,17,18). The highest BCUT2D eigenvalue weighted by Gasteiger charge is 2.13. The predicted molar refractivity (Wildman–Crippen MR) is 85.4 cm³/mol. The third kappa shape index (κ3) is 6.13. The van der Waals surface area contributed by atoms with E-state index in [1.165, 1.54) is 19.2 Å². The molecule has 1 aromatic rings. The molecule has 0 spiro atoms. The highest BCUT2D eigenvalue weighted by molar-refractivity contribution is 7.89. The lowest BCUT2D eigenvalue weighted by molar-refractivity contribution is 0.0940. The molecule has 0 saturated carbocycles. The Morgan fingerprint density at radius 1 is 1.23 bits per heavy atom. The Morgan fingerprint density at radius 2 is 1.95 bits per heavy atom. The lowest BCUT2D eigenvalue weighted by Crippen LogP contribution is -2.26. The van der Waals surface area contributed by atoms with Crippen LogP contribution >= 0.6 is 0 Å². The van der Waals surface area contributed by atoms with Gasteiger partial charge in [0.1, 0.15) is 0 Å². The van der Waals surface area contributed by atoms with Crippen LogP contribution in [0.2, 0.25) is 0 Å². The molecule has 0 aromatic heterocycles. The van der Waals surface area contributed by atoms with Gasteiger partial charge in [-0.05, 0) is 38.1 Å². The minimum atomic E-state index is -3.54. The number of sulfonamides is 1. The van der Waals surface area contributed by atoms with Crippen molar-refractivity contribution in [1.29, 1.82) is 0 Å². The molecule has 0 atom stereocenters. The predicted octanol–water partition coefficient (Wildman–Crippen LogP) is 1.53. The Balaban J connectivity index is 2.45. The fourth-order valence-electron chi connectivity index (χ4n) is 1.75. The molecule has 0 aliphatic rings. The number of hydrogen-bond acceptors (Lipinski definition) is 4. The first-order chi connectivity index (χ1) is 10.5. The summed E-state index contributed by atoms with van der Waals surface area (Å²) in [5, 5.41) is 2.75. The molecule has 22 heavy (non-hydrogen) atoms. The van der Waals surface area contributed by atoms with Crippen molar-refractivity contribution in [3.63, 3.8) is 0 Å². The number of ether oxygens (including phenoxy) is 1. The van der Waals surface area contributed by atoms with Crippen LogP contribution in [0.5, 0.6) is 0 Å². The summed E-state index contributed by atoms with van der Waals surface area (Å²) in [6, 6.07) is 5.94. The fourth-order valence-corrected chi connectivity index (χ4v) is 2.52. The first kappa shape index (κ1) is 18.6. The van der Waals surface area contributed by atoms with Gasteiger partial charge in [-0.1, -0.05) is 19.4 Å². The lowest BCUT2D eigenvalue weighted by atomic mass is 10.2. The summed E-state index contributed by atoms with van der Waals surface area (Å²) in [5.74, 6) is -0.290. The topological polar surface area (TPSA) is 84.5 Å². The van der Waals surface area contributed by atoms with Gasteiger partial charge in [-0.2, -0.15) is 0 Å². The van der Waals surface area contributed by atoms with Gasteiger partial charge < -0.3 is 10.1 Å². The highest BCUT2D eigenvalue weighted by Crippen LogP contribution is 2.11. The molecule has 6 nitrogen and oxygen atoms in total. The zero-order valence-electron chi connectivity index (χ0n) is 13.1. The SMILES string of the molecule is CCCCOCCCNC(=O)c1cccc(S(=O)(=O)NC)c1. The van der Waals surface area contributed by atoms with Crippen molar-refractivity contribution in [3.05, 3.63) is 29.8 Å². The summed E-state index contributed by atoms with van der Waals surface area (Å²) in [5.41, 5.74) is 0.322. The maximum atomic E-state index is 12.0. The first-order valence-electron chi connectivity index (χ1n) is 7.41. The van der Waals surface area contributed by atoms with E-state index in [9.17, 15) is 13.2 Å². The molecule has 0 aliphatic heterocycles. The second-order valence-electron chi connectivity index (χ2n) is 4.81. The van der Waals surface area contributed by atoms with E-state index < -0.39 is 10.0 Å². The fraction of sp³-hybridized carbons (Fsp3) is 0.533. The summed E-state index contributed by atoms with van der Waals surface area (Å²) in [6.07, 6.45) is 2.87. The van der Waals surface area contributed by atoms with E-state index in [4.69, 9.17) is 4.74 Å². The Bertz CT molecular complexity index is 573. The highest BCUT2D eigenvalue weighted by atomic mass is 32.2. The van der Waals surface area contributed by atoms with E-state index in [-0.39, 0.29) is 10.8 Å². The van der Waals surface area contributed by atoms with Crippen LogP contribution in [0.4, 0.5) is 0 Å². The minimum absolute atomic E-state index is 0.0746. The minimum Gasteiger partial charge on any atom is -0.381 e. The molecule has 0 fully saturated rings. The first-order valence-corrected chi connectivity index (χ1v) is 8.89. The summed E-state index contributed by atoms with van der Waals surface area (Å²) in [7, 11) is -2.21. The average molecular weight is 328 g/mol. The molecule has 0 aliphatic carbocycles. The van der Waals surface area contributed by atoms with Crippen molar-refractivity contribution in [2.24, 2.45) is 0 Å². The van der Waals surface area contributed by atoms with Gasteiger partial charge in [-0.3, -0.25) is 4.79 Å². The summed E-state index contributed by atoms with van der Waals surface area (Å²) >= 11 is 0. The van der Waals surface area contributed by atoms with Crippen LogP contribution in [0.15, 0.2) is 29.2 Å². The molecule has 0 bridgehead atoms. The zero-order chi connectivity index (χ0) is 16.4. The van der Waals surface area contributed by atoms with Crippen molar-refractivity contribution in [2.45, 2.75) is 31.1 Å². The third-order valence-electron chi connectivity index (χ3n) is 3.07. The van der Waals surface area contributed by atoms with E-state index in [1.807, 2.05) is 0 Å². The Kier molecular flexibility index (Phi) is 8.08. The molecule has 1 aromatic carbocycles. The van der Waals surface area contributed by atoms with E-state index in [0.29, 0.717) is 18.7 Å².